The zero-order valence-corrected chi connectivity index (χ0v) is 18.8. The average Bonchev–Trinajstić information content (AvgIpc) is 3.10. The summed E-state index contributed by atoms with van der Waals surface area (Å²) in [6, 6.07) is 25.4. The van der Waals surface area contributed by atoms with E-state index in [1.807, 2.05) is 0 Å². The SMILES string of the molecule is CCCCC1(CCCC)c2ccccc2-c2ccc(C3NC=Cc4ccccc43)cc21. The molecular weight excluding hydrogens is 374 g/mol. The molecule has 3 aromatic rings. The molecule has 1 heteroatoms. The molecule has 2 aliphatic rings. The summed E-state index contributed by atoms with van der Waals surface area (Å²) in [6.45, 7) is 4.64. The van der Waals surface area contributed by atoms with Crippen LogP contribution in [0.5, 0.6) is 0 Å². The van der Waals surface area contributed by atoms with Crippen LogP contribution in [0.3, 0.4) is 0 Å². The van der Waals surface area contributed by atoms with Crippen LogP contribution in [0.2, 0.25) is 0 Å². The fourth-order valence-electron chi connectivity index (χ4n) is 5.80. The van der Waals surface area contributed by atoms with E-state index in [1.165, 1.54) is 66.3 Å². The second-order valence-electron chi connectivity index (χ2n) is 9.20. The van der Waals surface area contributed by atoms with Gasteiger partial charge in [-0.1, -0.05) is 106 Å². The summed E-state index contributed by atoms with van der Waals surface area (Å²) in [5.74, 6) is 0. The predicted octanol–water partition coefficient (Wildman–Crippen LogP) is 8.00. The highest BCUT2D eigenvalue weighted by Gasteiger charge is 2.42. The molecule has 31 heavy (non-hydrogen) atoms. The van der Waals surface area contributed by atoms with E-state index in [-0.39, 0.29) is 11.5 Å². The summed E-state index contributed by atoms with van der Waals surface area (Å²) in [5, 5.41) is 3.64. The number of nitrogens with one attached hydrogen (secondary N) is 1. The van der Waals surface area contributed by atoms with Crippen LogP contribution < -0.4 is 5.32 Å². The predicted molar refractivity (Wildman–Crippen MR) is 132 cm³/mol. The molecule has 1 unspecified atom stereocenters. The van der Waals surface area contributed by atoms with Crippen LogP contribution in [-0.4, -0.2) is 0 Å². The summed E-state index contributed by atoms with van der Waals surface area (Å²) in [5.41, 5.74) is 10.2. The van der Waals surface area contributed by atoms with Crippen LogP contribution >= 0.6 is 0 Å². The number of hydrogen-bond donors (Lipinski definition) is 1. The molecule has 0 aromatic heterocycles. The van der Waals surface area contributed by atoms with Gasteiger partial charge in [0.2, 0.25) is 0 Å². The van der Waals surface area contributed by atoms with E-state index >= 15 is 0 Å². The van der Waals surface area contributed by atoms with Crippen LogP contribution in [0.4, 0.5) is 0 Å². The Bertz CT molecular complexity index is 1100. The van der Waals surface area contributed by atoms with Gasteiger partial charge in [-0.3, -0.25) is 0 Å². The molecular formula is C30H33N. The molecule has 0 radical (unpaired) electrons. The summed E-state index contributed by atoms with van der Waals surface area (Å²) >= 11 is 0. The van der Waals surface area contributed by atoms with E-state index in [1.54, 1.807) is 11.1 Å². The minimum Gasteiger partial charge on any atom is -0.380 e. The highest BCUT2D eigenvalue weighted by molar-refractivity contribution is 5.81. The summed E-state index contributed by atoms with van der Waals surface area (Å²) < 4.78 is 0. The van der Waals surface area contributed by atoms with Crippen molar-refractivity contribution in [1.82, 2.24) is 5.32 Å². The smallest absolute Gasteiger partial charge is 0.0768 e. The van der Waals surface area contributed by atoms with Crippen molar-refractivity contribution >= 4 is 6.08 Å². The van der Waals surface area contributed by atoms with Gasteiger partial charge in [-0.15, -0.1) is 0 Å². The van der Waals surface area contributed by atoms with E-state index < -0.39 is 0 Å². The fourth-order valence-corrected chi connectivity index (χ4v) is 5.80. The third-order valence-corrected chi connectivity index (χ3v) is 7.37. The molecule has 1 nitrogen and oxygen atoms in total. The molecule has 1 atom stereocenters. The Morgan fingerprint density at radius 1 is 0.774 bits per heavy atom. The summed E-state index contributed by atoms with van der Waals surface area (Å²) in [4.78, 5) is 0. The van der Waals surface area contributed by atoms with Gasteiger partial charge in [-0.25, -0.2) is 0 Å². The van der Waals surface area contributed by atoms with Crippen molar-refractivity contribution < 1.29 is 0 Å². The average molecular weight is 408 g/mol. The zero-order chi connectivity index (χ0) is 21.3. The molecule has 0 fully saturated rings. The zero-order valence-electron chi connectivity index (χ0n) is 18.8. The second kappa shape index (κ2) is 8.38. The van der Waals surface area contributed by atoms with Gasteiger partial charge < -0.3 is 5.32 Å². The largest absolute Gasteiger partial charge is 0.380 e. The Morgan fingerprint density at radius 2 is 1.48 bits per heavy atom. The lowest BCUT2D eigenvalue weighted by Crippen LogP contribution is -2.26. The fraction of sp³-hybridized carbons (Fsp3) is 0.333. The highest BCUT2D eigenvalue weighted by Crippen LogP contribution is 2.54. The van der Waals surface area contributed by atoms with Crippen LogP contribution in [-0.2, 0) is 5.41 Å². The maximum atomic E-state index is 3.64. The summed E-state index contributed by atoms with van der Waals surface area (Å²) in [7, 11) is 0. The molecule has 0 spiro atoms. The molecule has 0 saturated heterocycles. The lowest BCUT2D eigenvalue weighted by molar-refractivity contribution is 0.414. The Labute approximate surface area is 187 Å². The van der Waals surface area contributed by atoms with Crippen molar-refractivity contribution in [2.24, 2.45) is 0 Å². The molecule has 3 aromatic carbocycles. The molecule has 0 amide bonds. The Balaban J connectivity index is 1.66. The first kappa shape index (κ1) is 20.1. The quantitative estimate of drug-likeness (QED) is 0.418. The molecule has 1 aliphatic carbocycles. The van der Waals surface area contributed by atoms with Gasteiger partial charge >= 0.3 is 0 Å². The highest BCUT2D eigenvalue weighted by atomic mass is 14.9. The molecule has 5 rings (SSSR count). The number of rotatable bonds is 7. The first-order chi connectivity index (χ1) is 15.3. The van der Waals surface area contributed by atoms with Crippen molar-refractivity contribution in [2.45, 2.75) is 63.8 Å². The van der Waals surface area contributed by atoms with E-state index in [2.05, 4.69) is 98.2 Å². The number of hydrogen-bond acceptors (Lipinski definition) is 1. The van der Waals surface area contributed by atoms with Gasteiger partial charge in [-0.05, 0) is 64.1 Å². The van der Waals surface area contributed by atoms with Gasteiger partial charge in [0, 0.05) is 5.41 Å². The van der Waals surface area contributed by atoms with Crippen molar-refractivity contribution in [3.8, 4) is 11.1 Å². The van der Waals surface area contributed by atoms with Crippen LogP contribution in [0.15, 0.2) is 72.9 Å². The van der Waals surface area contributed by atoms with Crippen LogP contribution in [0.1, 0.15) is 86.2 Å². The molecule has 1 aliphatic heterocycles. The normalized spacial score (nSPS) is 17.5. The van der Waals surface area contributed by atoms with Crippen molar-refractivity contribution in [3.05, 3.63) is 101 Å². The van der Waals surface area contributed by atoms with Gasteiger partial charge in [-0.2, -0.15) is 0 Å². The van der Waals surface area contributed by atoms with Gasteiger partial charge in [0.1, 0.15) is 0 Å². The van der Waals surface area contributed by atoms with Gasteiger partial charge in [0.05, 0.1) is 6.04 Å². The monoisotopic (exact) mass is 407 g/mol. The minimum atomic E-state index is 0.151. The second-order valence-corrected chi connectivity index (χ2v) is 9.20. The van der Waals surface area contributed by atoms with E-state index in [0.29, 0.717) is 0 Å². The van der Waals surface area contributed by atoms with Crippen molar-refractivity contribution in [2.75, 3.05) is 0 Å². The third-order valence-electron chi connectivity index (χ3n) is 7.37. The molecule has 1 N–H and O–H groups in total. The van der Waals surface area contributed by atoms with Gasteiger partial charge in [0.25, 0.3) is 0 Å². The number of benzene rings is 3. The molecule has 158 valence electrons. The maximum absolute atomic E-state index is 3.64. The van der Waals surface area contributed by atoms with Crippen molar-refractivity contribution in [3.63, 3.8) is 0 Å². The Morgan fingerprint density at radius 3 is 2.29 bits per heavy atom. The van der Waals surface area contributed by atoms with Gasteiger partial charge in [0.15, 0.2) is 0 Å². The van der Waals surface area contributed by atoms with Crippen LogP contribution in [0, 0.1) is 0 Å². The molecule has 0 saturated carbocycles. The number of unbranched alkanes of at least 4 members (excludes halogenated alkanes) is 2. The van der Waals surface area contributed by atoms with Crippen molar-refractivity contribution in [1.29, 1.82) is 0 Å². The number of fused-ring (bicyclic) bond motifs is 4. The van der Waals surface area contributed by atoms with E-state index in [4.69, 9.17) is 0 Å². The first-order valence-corrected chi connectivity index (χ1v) is 12.0. The van der Waals surface area contributed by atoms with Crippen LogP contribution in [0.25, 0.3) is 17.2 Å². The third kappa shape index (κ3) is 3.31. The summed E-state index contributed by atoms with van der Waals surface area (Å²) in [6.07, 6.45) is 11.8. The lowest BCUT2D eigenvalue weighted by atomic mass is 9.70. The van der Waals surface area contributed by atoms with E-state index in [9.17, 15) is 0 Å². The topological polar surface area (TPSA) is 12.0 Å². The van der Waals surface area contributed by atoms with E-state index in [0.717, 1.165) is 0 Å². The maximum Gasteiger partial charge on any atom is 0.0768 e. The Hall–Kier alpha value is -2.80. The standard InChI is InChI=1S/C30H33N/c1-3-5-18-30(19-6-4-2)27-14-10-9-13-25(27)26-16-15-23(21-28(26)30)29-24-12-8-7-11-22(24)17-20-31-29/h7-17,20-21,29,31H,3-6,18-19H2,1-2H3. The Kier molecular flexibility index (Phi) is 5.44. The first-order valence-electron chi connectivity index (χ1n) is 12.0. The molecule has 0 bridgehead atoms. The molecule has 1 heterocycles. The lowest BCUT2D eigenvalue weighted by Gasteiger charge is -2.33. The minimum absolute atomic E-state index is 0.151.